The van der Waals surface area contributed by atoms with E-state index in [9.17, 15) is 4.79 Å². The highest BCUT2D eigenvalue weighted by molar-refractivity contribution is 7.95. The van der Waals surface area contributed by atoms with E-state index in [2.05, 4.69) is 38.1 Å². The van der Waals surface area contributed by atoms with Crippen molar-refractivity contribution < 1.29 is 17.9 Å². The highest BCUT2D eigenvalue weighted by Crippen LogP contribution is 2.31. The van der Waals surface area contributed by atoms with Crippen molar-refractivity contribution in [2.75, 3.05) is 13.1 Å². The lowest BCUT2D eigenvalue weighted by Gasteiger charge is -2.24. The number of carbonyl (C=O) groups is 1. The number of aryl methyl sites for hydroxylation is 2. The van der Waals surface area contributed by atoms with E-state index in [0.717, 1.165) is 9.79 Å². The minimum absolute atomic E-state index is 0.262. The second-order valence-electron chi connectivity index (χ2n) is 8.45. The number of hydrogen-bond acceptors (Lipinski definition) is 6. The summed E-state index contributed by atoms with van der Waals surface area (Å²) in [4.78, 5) is 16.2. The van der Waals surface area contributed by atoms with E-state index in [1.807, 2.05) is 45.0 Å². The molecule has 7 heteroatoms. The minimum Gasteiger partial charge on any atom is -0.444 e. The zero-order valence-corrected chi connectivity index (χ0v) is 19.7. The summed E-state index contributed by atoms with van der Waals surface area (Å²) in [6.07, 6.45) is -0.869. The molecule has 1 aliphatic heterocycles. The van der Waals surface area contributed by atoms with Crippen molar-refractivity contribution in [2.24, 2.45) is 0 Å². The van der Waals surface area contributed by atoms with Gasteiger partial charge in [-0.3, -0.25) is 0 Å². The molecule has 2 aromatic carbocycles. The van der Waals surface area contributed by atoms with E-state index in [1.54, 1.807) is 4.90 Å². The largest absolute Gasteiger partial charge is 0.444 e. The van der Waals surface area contributed by atoms with E-state index < -0.39 is 5.60 Å². The van der Waals surface area contributed by atoms with Gasteiger partial charge < -0.3 is 18.0 Å². The highest BCUT2D eigenvalue weighted by atomic mass is 32.2. The Morgan fingerprint density at radius 1 is 0.833 bits per heavy atom. The molecule has 0 spiro atoms. The van der Waals surface area contributed by atoms with Gasteiger partial charge in [-0.05, 0) is 58.9 Å². The summed E-state index contributed by atoms with van der Waals surface area (Å²) in [6.45, 7) is 10.5. The van der Waals surface area contributed by atoms with Gasteiger partial charge in [-0.2, -0.15) is 0 Å². The van der Waals surface area contributed by atoms with E-state index in [-0.39, 0.29) is 18.3 Å². The van der Waals surface area contributed by atoms with E-state index in [1.165, 1.54) is 35.2 Å². The number of carbonyl (C=O) groups excluding carboxylic acids is 1. The topological polar surface area (TPSA) is 48.0 Å². The van der Waals surface area contributed by atoms with Crippen molar-refractivity contribution in [3.05, 3.63) is 59.7 Å². The Hall–Kier alpha value is -1.67. The Morgan fingerprint density at radius 3 is 1.60 bits per heavy atom. The molecule has 0 N–H and O–H groups in total. The van der Waals surface area contributed by atoms with Gasteiger partial charge in [-0.25, -0.2) is 4.79 Å². The van der Waals surface area contributed by atoms with Crippen molar-refractivity contribution in [3.63, 3.8) is 0 Å². The molecule has 1 heterocycles. The molecule has 162 valence electrons. The first-order valence-corrected chi connectivity index (χ1v) is 11.5. The zero-order chi connectivity index (χ0) is 21.7. The second kappa shape index (κ2) is 10.1. The fourth-order valence-corrected chi connectivity index (χ4v) is 4.16. The average Bonchev–Trinajstić information content (AvgIpc) is 3.09. The van der Waals surface area contributed by atoms with Crippen molar-refractivity contribution >= 4 is 30.2 Å². The van der Waals surface area contributed by atoms with Gasteiger partial charge in [0.05, 0.1) is 13.1 Å². The number of hydrogen-bond donors (Lipinski definition) is 0. The van der Waals surface area contributed by atoms with Crippen LogP contribution in [0.2, 0.25) is 0 Å². The minimum atomic E-state index is -0.542. The second-order valence-corrected chi connectivity index (χ2v) is 10.1. The molecule has 1 aliphatic rings. The van der Waals surface area contributed by atoms with Crippen molar-refractivity contribution in [1.82, 2.24) is 4.90 Å². The molecular formula is C23H29NO4S2. The number of rotatable bonds is 6. The Balaban J connectivity index is 1.64. The molecule has 0 bridgehead atoms. The van der Waals surface area contributed by atoms with Crippen LogP contribution in [0, 0.1) is 13.8 Å². The van der Waals surface area contributed by atoms with E-state index in [0.29, 0.717) is 13.1 Å². The maximum absolute atomic E-state index is 12.6. The van der Waals surface area contributed by atoms with Crippen molar-refractivity contribution in [2.45, 2.75) is 62.2 Å². The fourth-order valence-electron chi connectivity index (χ4n) is 2.83. The van der Waals surface area contributed by atoms with Gasteiger partial charge in [0.25, 0.3) is 0 Å². The van der Waals surface area contributed by atoms with Crippen LogP contribution in [0.15, 0.2) is 58.3 Å². The summed E-state index contributed by atoms with van der Waals surface area (Å²) in [6, 6.07) is 16.3. The average molecular weight is 448 g/mol. The fraction of sp³-hybridized carbons (Fsp3) is 0.435. The van der Waals surface area contributed by atoms with Gasteiger partial charge in [0.1, 0.15) is 17.8 Å². The molecule has 30 heavy (non-hydrogen) atoms. The Bertz CT molecular complexity index is 776. The number of amides is 1. The van der Waals surface area contributed by atoms with Crippen molar-refractivity contribution in [3.8, 4) is 0 Å². The van der Waals surface area contributed by atoms with E-state index >= 15 is 0 Å². The maximum atomic E-state index is 12.6. The molecule has 2 aromatic rings. The first-order valence-electron chi connectivity index (χ1n) is 9.97. The van der Waals surface area contributed by atoms with Crippen LogP contribution in [0.5, 0.6) is 0 Å². The lowest BCUT2D eigenvalue weighted by Crippen LogP contribution is -2.36. The van der Waals surface area contributed by atoms with Crippen molar-refractivity contribution in [1.29, 1.82) is 0 Å². The molecule has 2 unspecified atom stereocenters. The standard InChI is InChI=1S/C23H29NO4S2/c1-16-6-10-18(11-7-16)29-27-20-14-24(22(25)26-23(3,4)5)15-21(20)28-30-19-12-8-17(2)9-13-19/h6-13,20-21H,14-15H2,1-5H3. The highest BCUT2D eigenvalue weighted by Gasteiger charge is 2.39. The third-order valence-corrected chi connectivity index (χ3v) is 6.06. The van der Waals surface area contributed by atoms with Gasteiger partial charge in [-0.15, -0.1) is 0 Å². The molecule has 1 amide bonds. The monoisotopic (exact) mass is 447 g/mol. The zero-order valence-electron chi connectivity index (χ0n) is 18.1. The predicted molar refractivity (Wildman–Crippen MR) is 122 cm³/mol. The van der Waals surface area contributed by atoms with Crippen LogP contribution in [0.3, 0.4) is 0 Å². The summed E-state index contributed by atoms with van der Waals surface area (Å²) in [7, 11) is 0. The van der Waals surface area contributed by atoms with Gasteiger partial charge >= 0.3 is 6.09 Å². The Labute approximate surface area is 187 Å². The van der Waals surface area contributed by atoms with Crippen LogP contribution in [0.25, 0.3) is 0 Å². The predicted octanol–water partition coefficient (Wildman–Crippen LogP) is 6.04. The van der Waals surface area contributed by atoms with Gasteiger partial charge in [0.2, 0.25) is 0 Å². The number of nitrogens with zero attached hydrogens (tertiary/aromatic N) is 1. The molecule has 0 aromatic heterocycles. The van der Waals surface area contributed by atoms with Crippen LogP contribution in [-0.2, 0) is 13.1 Å². The van der Waals surface area contributed by atoms with Crippen LogP contribution in [0.1, 0.15) is 31.9 Å². The molecule has 3 rings (SSSR count). The number of ether oxygens (including phenoxy) is 1. The molecule has 0 radical (unpaired) electrons. The maximum Gasteiger partial charge on any atom is 0.410 e. The Kier molecular flexibility index (Phi) is 7.74. The van der Waals surface area contributed by atoms with Crippen LogP contribution in [0.4, 0.5) is 4.79 Å². The summed E-state index contributed by atoms with van der Waals surface area (Å²) < 4.78 is 17.7. The van der Waals surface area contributed by atoms with Gasteiger partial charge in [0, 0.05) is 33.9 Å². The Morgan fingerprint density at radius 2 is 1.23 bits per heavy atom. The first-order chi connectivity index (χ1) is 14.2. The summed E-state index contributed by atoms with van der Waals surface area (Å²) in [5, 5.41) is 0. The molecule has 2 atom stereocenters. The lowest BCUT2D eigenvalue weighted by atomic mass is 10.2. The summed E-state index contributed by atoms with van der Waals surface area (Å²) >= 11 is 2.63. The molecule has 1 fully saturated rings. The van der Waals surface area contributed by atoms with Crippen LogP contribution in [-0.4, -0.2) is 41.9 Å². The third kappa shape index (κ3) is 6.94. The quantitative estimate of drug-likeness (QED) is 0.503. The van der Waals surface area contributed by atoms with Gasteiger partial charge in [-0.1, -0.05) is 35.4 Å². The number of benzene rings is 2. The lowest BCUT2D eigenvalue weighted by molar-refractivity contribution is 0.0273. The summed E-state index contributed by atoms with van der Waals surface area (Å²) in [5.41, 5.74) is 1.86. The van der Waals surface area contributed by atoms with Crippen LogP contribution < -0.4 is 0 Å². The SMILES string of the molecule is Cc1ccc(SOC2CN(C(=O)OC(C)(C)C)CC2OSc2ccc(C)cc2)cc1. The summed E-state index contributed by atoms with van der Waals surface area (Å²) in [5.74, 6) is 0. The molecule has 5 nitrogen and oxygen atoms in total. The smallest absolute Gasteiger partial charge is 0.410 e. The molecule has 0 aliphatic carbocycles. The van der Waals surface area contributed by atoms with E-state index in [4.69, 9.17) is 13.1 Å². The first kappa shape index (κ1) is 23.0. The number of likely N-dealkylation sites (tertiary alicyclic amines) is 1. The normalized spacial score (nSPS) is 19.2. The van der Waals surface area contributed by atoms with Crippen LogP contribution >= 0.6 is 24.1 Å². The molecule has 0 saturated carbocycles. The van der Waals surface area contributed by atoms with Gasteiger partial charge in [0.15, 0.2) is 0 Å². The molecular weight excluding hydrogens is 418 g/mol. The molecule has 1 saturated heterocycles. The third-order valence-electron chi connectivity index (χ3n) is 4.44.